The molecule has 1 heterocycles. The zero-order chi connectivity index (χ0) is 20.3. The molecule has 0 fully saturated rings. The van der Waals surface area contributed by atoms with Crippen molar-refractivity contribution in [2.75, 3.05) is 0 Å². The van der Waals surface area contributed by atoms with Crippen molar-refractivity contribution in [3.63, 3.8) is 0 Å². The predicted octanol–water partition coefficient (Wildman–Crippen LogP) is 4.01. The second-order valence-electron chi connectivity index (χ2n) is 6.68. The maximum Gasteiger partial charge on any atom is 0.250 e. The van der Waals surface area contributed by atoms with Gasteiger partial charge in [0.2, 0.25) is 15.9 Å². The summed E-state index contributed by atoms with van der Waals surface area (Å²) in [6.45, 7) is 3.53. The summed E-state index contributed by atoms with van der Waals surface area (Å²) in [5, 5.41) is 1.36. The van der Waals surface area contributed by atoms with Crippen molar-refractivity contribution in [2.24, 2.45) is 5.73 Å². The molecule has 0 radical (unpaired) electrons. The minimum Gasteiger partial charge on any atom is -0.366 e. The summed E-state index contributed by atoms with van der Waals surface area (Å²) < 4.78 is 26.8. The fourth-order valence-corrected chi connectivity index (χ4v) is 4.43. The first kappa shape index (κ1) is 20.3. The van der Waals surface area contributed by atoms with Crippen molar-refractivity contribution < 1.29 is 13.2 Å². The standard InChI is InChI=1S/C21H22N2O3S2/c1-14(2)28(25,26)23-13-17-5-3-4-6-18(17)15-7-9-16(10-8-15)20-19(21(22)24)11-12-27-20/h3-12,14,23H,13H2,1-2H3,(H2,22,24). The van der Waals surface area contributed by atoms with Gasteiger partial charge in [0.25, 0.3) is 0 Å². The van der Waals surface area contributed by atoms with E-state index in [9.17, 15) is 13.2 Å². The molecule has 0 aliphatic rings. The van der Waals surface area contributed by atoms with Gasteiger partial charge in [-0.1, -0.05) is 48.5 Å². The molecule has 3 N–H and O–H groups in total. The molecule has 5 nitrogen and oxygen atoms in total. The highest BCUT2D eigenvalue weighted by Gasteiger charge is 2.16. The first-order chi connectivity index (χ1) is 13.3. The number of primary amides is 1. The summed E-state index contributed by atoms with van der Waals surface area (Å²) in [6, 6.07) is 17.3. The van der Waals surface area contributed by atoms with Gasteiger partial charge in [-0.2, -0.15) is 0 Å². The van der Waals surface area contributed by atoms with Gasteiger partial charge in [-0.25, -0.2) is 13.1 Å². The van der Waals surface area contributed by atoms with E-state index < -0.39 is 21.2 Å². The first-order valence-electron chi connectivity index (χ1n) is 8.84. The number of nitrogens with one attached hydrogen (secondary N) is 1. The van der Waals surface area contributed by atoms with Crippen LogP contribution in [0, 0.1) is 0 Å². The summed E-state index contributed by atoms with van der Waals surface area (Å²) in [4.78, 5) is 12.4. The van der Waals surface area contributed by atoms with Crippen LogP contribution >= 0.6 is 11.3 Å². The van der Waals surface area contributed by atoms with Gasteiger partial charge in [0.05, 0.1) is 10.8 Å². The van der Waals surface area contributed by atoms with Crippen molar-refractivity contribution in [3.05, 3.63) is 71.1 Å². The molecular formula is C21H22N2O3S2. The number of carbonyl (C=O) groups is 1. The monoisotopic (exact) mass is 414 g/mol. The molecule has 0 spiro atoms. The fraction of sp³-hybridized carbons (Fsp3) is 0.190. The van der Waals surface area contributed by atoms with E-state index in [0.29, 0.717) is 5.56 Å². The Morgan fingerprint density at radius 1 is 1.04 bits per heavy atom. The van der Waals surface area contributed by atoms with E-state index in [1.165, 1.54) is 11.3 Å². The number of carbonyl (C=O) groups excluding carboxylic acids is 1. The van der Waals surface area contributed by atoms with Gasteiger partial charge >= 0.3 is 0 Å². The lowest BCUT2D eigenvalue weighted by Crippen LogP contribution is -2.30. The van der Waals surface area contributed by atoms with E-state index in [1.807, 2.05) is 53.9 Å². The molecule has 2 aromatic carbocycles. The van der Waals surface area contributed by atoms with Gasteiger partial charge < -0.3 is 5.73 Å². The lowest BCUT2D eigenvalue weighted by Gasteiger charge is -2.13. The van der Waals surface area contributed by atoms with Crippen molar-refractivity contribution in [1.29, 1.82) is 0 Å². The third-order valence-electron chi connectivity index (χ3n) is 4.49. The molecule has 1 amide bonds. The molecule has 0 aliphatic carbocycles. The van der Waals surface area contributed by atoms with E-state index in [0.717, 1.165) is 27.1 Å². The average molecular weight is 415 g/mol. The number of amides is 1. The minimum atomic E-state index is -3.34. The van der Waals surface area contributed by atoms with Crippen molar-refractivity contribution >= 4 is 27.3 Å². The van der Waals surface area contributed by atoms with Crippen molar-refractivity contribution in [2.45, 2.75) is 25.6 Å². The fourth-order valence-electron chi connectivity index (χ4n) is 2.83. The summed E-state index contributed by atoms with van der Waals surface area (Å²) in [5.41, 5.74) is 9.70. The Bertz CT molecular complexity index is 1080. The van der Waals surface area contributed by atoms with Crippen LogP contribution in [0.25, 0.3) is 21.6 Å². The molecular weight excluding hydrogens is 392 g/mol. The Balaban J connectivity index is 1.89. The number of hydrogen-bond donors (Lipinski definition) is 2. The number of rotatable bonds is 7. The van der Waals surface area contributed by atoms with Gasteiger partial charge in [-0.15, -0.1) is 11.3 Å². The van der Waals surface area contributed by atoms with Gasteiger partial charge in [0, 0.05) is 11.4 Å². The van der Waals surface area contributed by atoms with E-state index in [4.69, 9.17) is 5.73 Å². The third kappa shape index (κ3) is 4.32. The Labute approximate surface area is 169 Å². The van der Waals surface area contributed by atoms with E-state index >= 15 is 0 Å². The third-order valence-corrected chi connectivity index (χ3v) is 7.24. The molecule has 0 aliphatic heterocycles. The molecule has 3 aromatic rings. The summed E-state index contributed by atoms with van der Waals surface area (Å²) in [7, 11) is -3.34. The van der Waals surface area contributed by atoms with Crippen LogP contribution in [0.4, 0.5) is 0 Å². The van der Waals surface area contributed by atoms with Crippen LogP contribution in [0.1, 0.15) is 29.8 Å². The zero-order valence-electron chi connectivity index (χ0n) is 15.7. The molecule has 1 aromatic heterocycles. The maximum absolute atomic E-state index is 12.1. The number of benzene rings is 2. The van der Waals surface area contributed by atoms with Gasteiger partial charge in [0.15, 0.2) is 0 Å². The van der Waals surface area contributed by atoms with E-state index in [2.05, 4.69) is 4.72 Å². The summed E-state index contributed by atoms with van der Waals surface area (Å²) in [5.74, 6) is -0.442. The molecule has 28 heavy (non-hydrogen) atoms. The first-order valence-corrected chi connectivity index (χ1v) is 11.3. The minimum absolute atomic E-state index is 0.231. The highest BCUT2D eigenvalue weighted by molar-refractivity contribution is 7.90. The van der Waals surface area contributed by atoms with Crippen LogP contribution in [0.3, 0.4) is 0 Å². The van der Waals surface area contributed by atoms with Gasteiger partial charge in [-0.05, 0) is 47.5 Å². The Hall–Kier alpha value is -2.48. The Morgan fingerprint density at radius 3 is 2.32 bits per heavy atom. The van der Waals surface area contributed by atoms with Crippen LogP contribution in [-0.4, -0.2) is 19.6 Å². The van der Waals surface area contributed by atoms with Crippen molar-refractivity contribution in [1.82, 2.24) is 4.72 Å². The highest BCUT2D eigenvalue weighted by atomic mass is 32.2. The quantitative estimate of drug-likeness (QED) is 0.612. The molecule has 3 rings (SSSR count). The second-order valence-corrected chi connectivity index (χ2v) is 9.91. The highest BCUT2D eigenvalue weighted by Crippen LogP contribution is 2.32. The average Bonchev–Trinajstić information content (AvgIpc) is 3.17. The largest absolute Gasteiger partial charge is 0.366 e. The second kappa shape index (κ2) is 8.26. The lowest BCUT2D eigenvalue weighted by atomic mass is 9.98. The summed E-state index contributed by atoms with van der Waals surface area (Å²) >= 11 is 1.47. The number of nitrogens with two attached hydrogens (primary N) is 1. The number of hydrogen-bond acceptors (Lipinski definition) is 4. The van der Waals surface area contributed by atoms with Crippen LogP contribution in [-0.2, 0) is 16.6 Å². The topological polar surface area (TPSA) is 89.3 Å². The molecule has 0 saturated carbocycles. The maximum atomic E-state index is 12.1. The molecule has 7 heteroatoms. The molecule has 146 valence electrons. The van der Waals surface area contributed by atoms with Gasteiger partial charge in [0.1, 0.15) is 0 Å². The van der Waals surface area contributed by atoms with Crippen LogP contribution in [0.2, 0.25) is 0 Å². The molecule has 0 unspecified atom stereocenters. The SMILES string of the molecule is CC(C)S(=O)(=O)NCc1ccccc1-c1ccc(-c2sccc2C(N)=O)cc1. The predicted molar refractivity (Wildman–Crippen MR) is 115 cm³/mol. The zero-order valence-corrected chi connectivity index (χ0v) is 17.3. The Kier molecular flexibility index (Phi) is 5.98. The molecule has 0 bridgehead atoms. The smallest absolute Gasteiger partial charge is 0.250 e. The number of thiophene rings is 1. The lowest BCUT2D eigenvalue weighted by molar-refractivity contribution is 0.100. The van der Waals surface area contributed by atoms with Crippen LogP contribution in [0.15, 0.2) is 60.0 Å². The van der Waals surface area contributed by atoms with Crippen molar-refractivity contribution in [3.8, 4) is 21.6 Å². The van der Waals surface area contributed by atoms with Gasteiger partial charge in [-0.3, -0.25) is 4.79 Å². The normalized spacial score (nSPS) is 11.7. The van der Waals surface area contributed by atoms with E-state index in [1.54, 1.807) is 19.9 Å². The number of sulfonamides is 1. The molecule has 0 atom stereocenters. The molecule has 0 saturated heterocycles. The summed E-state index contributed by atoms with van der Waals surface area (Å²) in [6.07, 6.45) is 0. The Morgan fingerprint density at radius 2 is 1.68 bits per heavy atom. The van der Waals surface area contributed by atoms with Crippen LogP contribution < -0.4 is 10.5 Å². The van der Waals surface area contributed by atoms with E-state index in [-0.39, 0.29) is 6.54 Å². The van der Waals surface area contributed by atoms with Crippen LogP contribution in [0.5, 0.6) is 0 Å².